The van der Waals surface area contributed by atoms with Gasteiger partial charge in [0, 0.05) is 12.3 Å². The summed E-state index contributed by atoms with van der Waals surface area (Å²) in [5.74, 6) is 1.68. The summed E-state index contributed by atoms with van der Waals surface area (Å²) in [6.07, 6.45) is 4.73. The van der Waals surface area contributed by atoms with Gasteiger partial charge in [0.15, 0.2) is 0 Å². The van der Waals surface area contributed by atoms with Gasteiger partial charge >= 0.3 is 5.97 Å². The van der Waals surface area contributed by atoms with E-state index in [9.17, 15) is 4.79 Å². The lowest BCUT2D eigenvalue weighted by molar-refractivity contribution is -0.137. The van der Waals surface area contributed by atoms with Gasteiger partial charge in [-0.25, -0.2) is 5.01 Å². The van der Waals surface area contributed by atoms with Crippen molar-refractivity contribution in [2.75, 3.05) is 6.54 Å². The molecule has 0 rings (SSSR count). The molecule has 0 unspecified atom stereocenters. The number of rotatable bonds is 6. The van der Waals surface area contributed by atoms with Gasteiger partial charge in [-0.3, -0.25) is 4.79 Å². The Labute approximate surface area is 98.3 Å². The average Bonchev–Trinajstić information content (AvgIpc) is 2.26. The molecule has 0 saturated heterocycles. The second-order valence-corrected chi connectivity index (χ2v) is 2.75. The summed E-state index contributed by atoms with van der Waals surface area (Å²) >= 11 is 0. The average molecular weight is 226 g/mol. The van der Waals surface area contributed by atoms with E-state index in [-0.39, 0.29) is 6.54 Å². The molecule has 0 atom stereocenters. The molecule has 0 aliphatic heterocycles. The summed E-state index contributed by atoms with van der Waals surface area (Å²) in [7, 11) is 0. The minimum Gasteiger partial charge on any atom is -0.480 e. The van der Waals surface area contributed by atoms with E-state index in [0.29, 0.717) is 0 Å². The highest BCUT2D eigenvalue weighted by atomic mass is 16.4. The van der Waals surface area contributed by atoms with Crippen molar-refractivity contribution in [3.8, 4) is 12.0 Å². The molecule has 0 heterocycles. The maximum atomic E-state index is 10.4. The molecule has 0 radical (unpaired) electrons. The van der Waals surface area contributed by atoms with Crippen molar-refractivity contribution in [3.05, 3.63) is 0 Å². The fourth-order valence-electron chi connectivity index (χ4n) is 0.818. The van der Waals surface area contributed by atoms with Gasteiger partial charge in [0.1, 0.15) is 6.54 Å². The second-order valence-electron chi connectivity index (χ2n) is 2.75. The van der Waals surface area contributed by atoms with Crippen LogP contribution in [0.5, 0.6) is 0 Å². The Morgan fingerprint density at radius 2 is 2.12 bits per heavy atom. The molecular formula is C12H22N2O2. The van der Waals surface area contributed by atoms with E-state index in [2.05, 4.69) is 24.0 Å². The van der Waals surface area contributed by atoms with E-state index in [1.54, 1.807) is 13.1 Å². The van der Waals surface area contributed by atoms with Crippen molar-refractivity contribution < 1.29 is 9.90 Å². The second kappa shape index (κ2) is 13.5. The maximum Gasteiger partial charge on any atom is 0.326 e. The summed E-state index contributed by atoms with van der Waals surface area (Å²) in [5.41, 5.74) is 0. The Hall–Kier alpha value is -1.50. The summed E-state index contributed by atoms with van der Waals surface area (Å²) < 4.78 is 0. The molecule has 1 N–H and O–H groups in total. The number of unbranched alkanes of at least 4 members (excludes halogenated alkanes) is 2. The number of hydrazone groups is 1. The van der Waals surface area contributed by atoms with Crippen molar-refractivity contribution in [2.24, 2.45) is 5.10 Å². The monoisotopic (exact) mass is 226 g/mol. The Balaban J connectivity index is 0. The molecule has 16 heavy (non-hydrogen) atoms. The predicted molar refractivity (Wildman–Crippen MR) is 67.2 cm³/mol. The van der Waals surface area contributed by atoms with E-state index >= 15 is 0 Å². The molecule has 0 saturated carbocycles. The Morgan fingerprint density at radius 3 is 2.56 bits per heavy atom. The van der Waals surface area contributed by atoms with E-state index in [1.165, 1.54) is 5.01 Å². The Morgan fingerprint density at radius 1 is 1.50 bits per heavy atom. The van der Waals surface area contributed by atoms with Crippen LogP contribution in [0.4, 0.5) is 0 Å². The van der Waals surface area contributed by atoms with Crippen molar-refractivity contribution in [1.82, 2.24) is 5.01 Å². The van der Waals surface area contributed by atoms with Crippen LogP contribution in [0, 0.1) is 12.0 Å². The third-order valence-corrected chi connectivity index (χ3v) is 1.43. The van der Waals surface area contributed by atoms with E-state index in [1.807, 2.05) is 13.8 Å². The van der Waals surface area contributed by atoms with Gasteiger partial charge in [0.05, 0.1) is 0 Å². The molecule has 0 amide bonds. The van der Waals surface area contributed by atoms with Crippen LogP contribution >= 0.6 is 0 Å². The smallest absolute Gasteiger partial charge is 0.326 e. The predicted octanol–water partition coefficient (Wildman–Crippen LogP) is 2.56. The third kappa shape index (κ3) is 12.5. The molecule has 0 aromatic rings. The number of carboxylic acids is 1. The highest BCUT2D eigenvalue weighted by Crippen LogP contribution is 1.92. The summed E-state index contributed by atoms with van der Waals surface area (Å²) in [6, 6.07) is 2.60. The quantitative estimate of drug-likeness (QED) is 0.249. The molecule has 0 aliphatic carbocycles. The van der Waals surface area contributed by atoms with Gasteiger partial charge < -0.3 is 5.11 Å². The zero-order valence-electron chi connectivity index (χ0n) is 10.7. The van der Waals surface area contributed by atoms with Gasteiger partial charge in [-0.05, 0) is 19.8 Å². The van der Waals surface area contributed by atoms with E-state index in [0.717, 1.165) is 19.3 Å². The molecule has 0 aromatic carbocycles. The molecule has 0 spiro atoms. The summed E-state index contributed by atoms with van der Waals surface area (Å²) in [5, 5.41) is 13.7. The number of carbonyl (C=O) groups is 1. The van der Waals surface area contributed by atoms with Crippen LogP contribution in [0.2, 0.25) is 0 Å². The largest absolute Gasteiger partial charge is 0.480 e. The zero-order valence-corrected chi connectivity index (χ0v) is 10.7. The normalized spacial score (nSPS) is 8.75. The number of carboxylic acid groups (broad SMARTS) is 1. The Bertz CT molecular complexity index is 251. The molecule has 0 fully saturated rings. The number of hydrogen-bond donors (Lipinski definition) is 1. The standard InChI is InChI=1S/C10H16N2O2.C2H6/c1-3-5-6-7-11-12(8-4-2)9-10(13)14;1-2/h7H,3,5-6,9H2,1-2H3,(H,13,14);1-2H3/b11-7-;. The van der Waals surface area contributed by atoms with Crippen molar-refractivity contribution in [1.29, 1.82) is 0 Å². The highest BCUT2D eigenvalue weighted by Gasteiger charge is 2.01. The van der Waals surface area contributed by atoms with Gasteiger partial charge in [0.25, 0.3) is 0 Å². The Kier molecular flexibility index (Phi) is 14.3. The molecule has 0 bridgehead atoms. The molecule has 0 aliphatic rings. The number of nitrogens with zero attached hydrogens (tertiary/aromatic N) is 2. The van der Waals surface area contributed by atoms with Gasteiger partial charge in [-0.15, -0.1) is 0 Å². The zero-order chi connectivity index (χ0) is 12.8. The van der Waals surface area contributed by atoms with Crippen LogP contribution in [0.3, 0.4) is 0 Å². The first kappa shape index (κ1) is 16.9. The van der Waals surface area contributed by atoms with Crippen LogP contribution in [-0.4, -0.2) is 28.8 Å². The molecule has 4 heteroatoms. The minimum atomic E-state index is -0.930. The first-order chi connectivity index (χ1) is 7.70. The summed E-state index contributed by atoms with van der Waals surface area (Å²) in [4.78, 5) is 10.4. The highest BCUT2D eigenvalue weighted by molar-refractivity contribution is 5.69. The number of hydrogen-bond acceptors (Lipinski definition) is 3. The maximum absolute atomic E-state index is 10.4. The minimum absolute atomic E-state index is 0.177. The van der Waals surface area contributed by atoms with Crippen molar-refractivity contribution in [3.63, 3.8) is 0 Å². The molecule has 92 valence electrons. The van der Waals surface area contributed by atoms with E-state index < -0.39 is 5.97 Å². The molecule has 4 nitrogen and oxygen atoms in total. The van der Waals surface area contributed by atoms with Gasteiger partial charge in [-0.2, -0.15) is 5.10 Å². The molecule has 0 aromatic heterocycles. The molecular weight excluding hydrogens is 204 g/mol. The lowest BCUT2D eigenvalue weighted by atomic mass is 10.3. The SMILES string of the molecule is CC.CC#CN(CC(=O)O)/N=C\CCCC. The lowest BCUT2D eigenvalue weighted by Crippen LogP contribution is -2.20. The van der Waals surface area contributed by atoms with Gasteiger partial charge in [-0.1, -0.05) is 33.1 Å². The van der Waals surface area contributed by atoms with Crippen LogP contribution < -0.4 is 0 Å². The number of aliphatic carboxylic acids is 1. The first-order valence-electron chi connectivity index (χ1n) is 5.64. The van der Waals surface area contributed by atoms with Crippen LogP contribution in [0.15, 0.2) is 5.10 Å². The van der Waals surface area contributed by atoms with E-state index in [4.69, 9.17) is 5.11 Å². The van der Waals surface area contributed by atoms with Crippen LogP contribution in [0.25, 0.3) is 0 Å². The fourth-order valence-corrected chi connectivity index (χ4v) is 0.818. The van der Waals surface area contributed by atoms with Crippen LogP contribution in [0.1, 0.15) is 47.0 Å². The topological polar surface area (TPSA) is 52.9 Å². The van der Waals surface area contributed by atoms with Crippen molar-refractivity contribution >= 4 is 12.2 Å². The van der Waals surface area contributed by atoms with Gasteiger partial charge in [0.2, 0.25) is 0 Å². The fraction of sp³-hybridized carbons (Fsp3) is 0.667. The third-order valence-electron chi connectivity index (χ3n) is 1.43. The van der Waals surface area contributed by atoms with Crippen LogP contribution in [-0.2, 0) is 4.79 Å². The summed E-state index contributed by atoms with van der Waals surface area (Å²) in [6.45, 7) is 7.56. The van der Waals surface area contributed by atoms with Crippen molar-refractivity contribution in [2.45, 2.75) is 47.0 Å². The first-order valence-corrected chi connectivity index (χ1v) is 5.64. The lowest BCUT2D eigenvalue weighted by Gasteiger charge is -2.06.